The lowest BCUT2D eigenvalue weighted by Crippen LogP contribution is -2.40. The molecule has 2 atom stereocenters. The number of aliphatic imine (C=N–C) groups is 1. The molecule has 1 fully saturated rings. The third-order valence-corrected chi connectivity index (χ3v) is 4.37. The van der Waals surface area contributed by atoms with Crippen LogP contribution in [0.3, 0.4) is 0 Å². The van der Waals surface area contributed by atoms with E-state index in [1.807, 2.05) is 13.8 Å². The summed E-state index contributed by atoms with van der Waals surface area (Å²) in [6, 6.07) is 3.82. The van der Waals surface area contributed by atoms with Crippen molar-refractivity contribution in [2.75, 3.05) is 33.2 Å². The number of rotatable bonds is 5. The second kappa shape index (κ2) is 8.97. The van der Waals surface area contributed by atoms with Gasteiger partial charge in [0.15, 0.2) is 17.6 Å². The van der Waals surface area contributed by atoms with Gasteiger partial charge in [0, 0.05) is 19.6 Å². The molecule has 24 heavy (non-hydrogen) atoms. The van der Waals surface area contributed by atoms with Crippen LogP contribution in [-0.4, -0.2) is 44.1 Å². The van der Waals surface area contributed by atoms with Gasteiger partial charge in [-0.1, -0.05) is 6.07 Å². The summed E-state index contributed by atoms with van der Waals surface area (Å²) >= 11 is 0. The zero-order chi connectivity index (χ0) is 17.5. The van der Waals surface area contributed by atoms with Gasteiger partial charge in [-0.2, -0.15) is 0 Å². The van der Waals surface area contributed by atoms with Crippen molar-refractivity contribution in [2.24, 2.45) is 10.9 Å². The molecule has 2 N–H and O–H groups in total. The third-order valence-electron chi connectivity index (χ3n) is 4.37. The first kappa shape index (κ1) is 18.6. The second-order valence-electron chi connectivity index (χ2n) is 6.53. The van der Waals surface area contributed by atoms with E-state index < -0.39 is 11.6 Å². The van der Waals surface area contributed by atoms with E-state index in [9.17, 15) is 8.78 Å². The monoisotopic (exact) mass is 338 g/mol. The topological polar surface area (TPSA) is 39.7 Å². The number of hydrogen-bond donors (Lipinski definition) is 2. The Hall–Kier alpha value is -1.69. The molecule has 1 aromatic carbocycles. The Morgan fingerprint density at radius 3 is 2.83 bits per heavy atom. The molecule has 1 aliphatic heterocycles. The second-order valence-corrected chi connectivity index (χ2v) is 6.53. The summed E-state index contributed by atoms with van der Waals surface area (Å²) in [5.41, 5.74) is 0.692. The summed E-state index contributed by atoms with van der Waals surface area (Å²) in [6.45, 7) is 7.67. The summed E-state index contributed by atoms with van der Waals surface area (Å²) in [5.74, 6) is -0.373. The molecule has 2 unspecified atom stereocenters. The van der Waals surface area contributed by atoms with Gasteiger partial charge in [0.1, 0.15) is 0 Å². The van der Waals surface area contributed by atoms with E-state index in [2.05, 4.69) is 27.6 Å². The van der Waals surface area contributed by atoms with E-state index in [4.69, 9.17) is 0 Å². The normalized spacial score (nSPS) is 20.7. The van der Waals surface area contributed by atoms with E-state index in [1.54, 1.807) is 6.07 Å². The molecule has 1 aliphatic rings. The predicted molar refractivity (Wildman–Crippen MR) is 94.1 cm³/mol. The van der Waals surface area contributed by atoms with E-state index in [0.29, 0.717) is 17.4 Å². The van der Waals surface area contributed by atoms with Gasteiger partial charge < -0.3 is 15.5 Å². The molecule has 4 nitrogen and oxygen atoms in total. The van der Waals surface area contributed by atoms with E-state index in [0.717, 1.165) is 32.2 Å². The molecule has 0 amide bonds. The third kappa shape index (κ3) is 5.44. The average molecular weight is 338 g/mol. The summed E-state index contributed by atoms with van der Waals surface area (Å²) in [7, 11) is 2.14. The summed E-state index contributed by atoms with van der Waals surface area (Å²) in [5, 5.41) is 6.49. The Balaban J connectivity index is 1.98. The molecule has 0 radical (unpaired) electrons. The molecule has 6 heteroatoms. The van der Waals surface area contributed by atoms with Gasteiger partial charge in [-0.3, -0.25) is 4.99 Å². The molecule has 0 aromatic heterocycles. The summed E-state index contributed by atoms with van der Waals surface area (Å²) in [6.07, 6.45) is 2.41. The molecular formula is C18H28F2N4. The summed E-state index contributed by atoms with van der Waals surface area (Å²) in [4.78, 5) is 7.02. The van der Waals surface area contributed by atoms with E-state index in [1.165, 1.54) is 18.9 Å². The van der Waals surface area contributed by atoms with E-state index in [-0.39, 0.29) is 6.04 Å². The van der Waals surface area contributed by atoms with Gasteiger partial charge in [-0.05, 0) is 63.9 Å². The molecule has 1 aromatic rings. The highest BCUT2D eigenvalue weighted by Crippen LogP contribution is 2.17. The number of benzene rings is 1. The Labute approximate surface area is 143 Å². The van der Waals surface area contributed by atoms with Gasteiger partial charge in [-0.15, -0.1) is 0 Å². The molecule has 2 rings (SSSR count). The first-order valence-electron chi connectivity index (χ1n) is 8.68. The van der Waals surface area contributed by atoms with Crippen LogP contribution < -0.4 is 10.6 Å². The fraction of sp³-hybridized carbons (Fsp3) is 0.611. The minimum Gasteiger partial charge on any atom is -0.357 e. The van der Waals surface area contributed by atoms with Crippen molar-refractivity contribution in [1.82, 2.24) is 15.5 Å². The van der Waals surface area contributed by atoms with Gasteiger partial charge in [0.25, 0.3) is 0 Å². The van der Waals surface area contributed by atoms with Crippen molar-refractivity contribution in [3.63, 3.8) is 0 Å². The van der Waals surface area contributed by atoms with Crippen LogP contribution in [-0.2, 0) is 0 Å². The van der Waals surface area contributed by atoms with Crippen LogP contribution in [0.2, 0.25) is 0 Å². The lowest BCUT2D eigenvalue weighted by Gasteiger charge is -2.29. The first-order valence-corrected chi connectivity index (χ1v) is 8.68. The molecule has 0 spiro atoms. The maximum absolute atomic E-state index is 13.4. The maximum atomic E-state index is 13.4. The Morgan fingerprint density at radius 2 is 2.17 bits per heavy atom. The van der Waals surface area contributed by atoms with Crippen LogP contribution in [0.15, 0.2) is 23.2 Å². The highest BCUT2D eigenvalue weighted by molar-refractivity contribution is 5.80. The lowest BCUT2D eigenvalue weighted by atomic mass is 9.99. The minimum atomic E-state index is -0.826. The number of halogens is 2. The largest absolute Gasteiger partial charge is 0.357 e. The Kier molecular flexibility index (Phi) is 6.97. The quantitative estimate of drug-likeness (QED) is 0.641. The molecule has 0 bridgehead atoms. The predicted octanol–water partition coefficient (Wildman–Crippen LogP) is 2.92. The Bertz CT molecular complexity index is 562. The van der Waals surface area contributed by atoms with Crippen molar-refractivity contribution in [1.29, 1.82) is 0 Å². The van der Waals surface area contributed by atoms with Crippen LogP contribution in [0.5, 0.6) is 0 Å². The zero-order valence-corrected chi connectivity index (χ0v) is 14.8. The van der Waals surface area contributed by atoms with Crippen molar-refractivity contribution in [3.05, 3.63) is 35.4 Å². The van der Waals surface area contributed by atoms with Crippen LogP contribution in [0.4, 0.5) is 8.78 Å². The van der Waals surface area contributed by atoms with Crippen molar-refractivity contribution in [3.8, 4) is 0 Å². The molecule has 1 heterocycles. The van der Waals surface area contributed by atoms with Crippen molar-refractivity contribution in [2.45, 2.75) is 32.7 Å². The fourth-order valence-corrected chi connectivity index (χ4v) is 3.03. The smallest absolute Gasteiger partial charge is 0.191 e. The van der Waals surface area contributed by atoms with Crippen molar-refractivity contribution >= 4 is 5.96 Å². The van der Waals surface area contributed by atoms with Crippen LogP contribution in [0, 0.1) is 17.6 Å². The molecule has 0 aliphatic carbocycles. The standard InChI is InChI=1S/C18H28F2N4/c1-4-21-18(22-11-14-6-5-9-24(3)12-14)23-13(2)15-7-8-16(19)17(20)10-15/h7-8,10,13-14H,4-6,9,11-12H2,1-3H3,(H2,21,22,23). The molecule has 1 saturated heterocycles. The molecule has 0 saturated carbocycles. The number of nitrogens with one attached hydrogen (secondary N) is 2. The van der Waals surface area contributed by atoms with Gasteiger partial charge in [0.05, 0.1) is 6.04 Å². The van der Waals surface area contributed by atoms with Crippen LogP contribution in [0.25, 0.3) is 0 Å². The molecular weight excluding hydrogens is 310 g/mol. The number of piperidine rings is 1. The van der Waals surface area contributed by atoms with E-state index >= 15 is 0 Å². The highest BCUT2D eigenvalue weighted by atomic mass is 19.2. The lowest BCUT2D eigenvalue weighted by molar-refractivity contribution is 0.214. The fourth-order valence-electron chi connectivity index (χ4n) is 3.03. The number of hydrogen-bond acceptors (Lipinski definition) is 2. The van der Waals surface area contributed by atoms with Gasteiger partial charge in [0.2, 0.25) is 0 Å². The zero-order valence-electron chi connectivity index (χ0n) is 14.8. The van der Waals surface area contributed by atoms with Gasteiger partial charge >= 0.3 is 0 Å². The number of nitrogens with zero attached hydrogens (tertiary/aromatic N) is 2. The number of guanidine groups is 1. The van der Waals surface area contributed by atoms with Crippen LogP contribution in [0.1, 0.15) is 38.3 Å². The summed E-state index contributed by atoms with van der Waals surface area (Å²) < 4.78 is 26.5. The SMILES string of the molecule is CCNC(=NCC1CCCN(C)C1)NC(C)c1ccc(F)c(F)c1. The average Bonchev–Trinajstić information content (AvgIpc) is 2.55. The molecule has 134 valence electrons. The Morgan fingerprint density at radius 1 is 1.38 bits per heavy atom. The highest BCUT2D eigenvalue weighted by Gasteiger charge is 2.17. The van der Waals surface area contributed by atoms with Gasteiger partial charge in [-0.25, -0.2) is 8.78 Å². The van der Waals surface area contributed by atoms with Crippen LogP contribution >= 0.6 is 0 Å². The maximum Gasteiger partial charge on any atom is 0.191 e. The number of likely N-dealkylation sites (tertiary alicyclic amines) is 1. The first-order chi connectivity index (χ1) is 11.5. The minimum absolute atomic E-state index is 0.160. The van der Waals surface area contributed by atoms with Crippen molar-refractivity contribution < 1.29 is 8.78 Å².